The highest BCUT2D eigenvalue weighted by Crippen LogP contribution is 2.56. The van der Waals surface area contributed by atoms with Crippen molar-refractivity contribution < 1.29 is 4.79 Å². The van der Waals surface area contributed by atoms with Crippen LogP contribution in [-0.2, 0) is 0 Å². The summed E-state index contributed by atoms with van der Waals surface area (Å²) in [5.41, 5.74) is 4.29. The quantitative estimate of drug-likeness (QED) is 0.631. The zero-order chi connectivity index (χ0) is 21.8. The van der Waals surface area contributed by atoms with Crippen molar-refractivity contribution in [3.05, 3.63) is 57.9 Å². The van der Waals surface area contributed by atoms with E-state index in [-0.39, 0.29) is 11.7 Å². The molecule has 5 atom stereocenters. The molecule has 3 fully saturated rings. The number of carbonyl (C=O) groups is 1. The number of nitrogens with zero attached hydrogens (tertiary/aromatic N) is 3. The van der Waals surface area contributed by atoms with E-state index in [2.05, 4.69) is 44.9 Å². The smallest absolute Gasteiger partial charge is 0.251 e. The van der Waals surface area contributed by atoms with Crippen molar-refractivity contribution in [2.75, 3.05) is 7.05 Å². The number of nitriles is 1. The Morgan fingerprint density at radius 1 is 1.16 bits per heavy atom. The van der Waals surface area contributed by atoms with Crippen LogP contribution >= 0.6 is 11.3 Å². The third-order valence-corrected chi connectivity index (χ3v) is 8.29. The molecule has 2 saturated heterocycles. The molecule has 7 heteroatoms. The fourth-order valence-corrected chi connectivity index (χ4v) is 6.65. The van der Waals surface area contributed by atoms with E-state index >= 15 is 0 Å². The lowest BCUT2D eigenvalue weighted by Crippen LogP contribution is -2.37. The van der Waals surface area contributed by atoms with Crippen LogP contribution in [0.3, 0.4) is 0 Å². The lowest BCUT2D eigenvalue weighted by Gasteiger charge is -2.30. The molecular weight excluding hydrogens is 418 g/mol. The van der Waals surface area contributed by atoms with Gasteiger partial charge in [0.25, 0.3) is 5.91 Å². The van der Waals surface area contributed by atoms with Crippen LogP contribution in [0.5, 0.6) is 0 Å². The summed E-state index contributed by atoms with van der Waals surface area (Å²) in [6, 6.07) is 11.8. The molecule has 1 aromatic carbocycles. The van der Waals surface area contributed by atoms with E-state index in [1.165, 1.54) is 24.0 Å². The summed E-state index contributed by atoms with van der Waals surface area (Å²) in [6.45, 7) is 0. The number of hydrogen-bond acceptors (Lipinski definition) is 6. The van der Waals surface area contributed by atoms with Crippen molar-refractivity contribution in [2.24, 2.45) is 0 Å². The van der Waals surface area contributed by atoms with Crippen LogP contribution < -0.4 is 10.6 Å². The molecule has 32 heavy (non-hydrogen) atoms. The first-order valence-electron chi connectivity index (χ1n) is 11.4. The van der Waals surface area contributed by atoms with Gasteiger partial charge in [0.1, 0.15) is 10.9 Å². The molecule has 2 bridgehead atoms. The van der Waals surface area contributed by atoms with E-state index in [0.717, 1.165) is 40.7 Å². The largest absolute Gasteiger partial charge is 0.355 e. The maximum absolute atomic E-state index is 12.7. The Balaban J connectivity index is 1.35. The summed E-state index contributed by atoms with van der Waals surface area (Å²) in [5, 5.41) is 19.0. The number of amides is 1. The zero-order valence-electron chi connectivity index (χ0n) is 18.0. The van der Waals surface area contributed by atoms with Gasteiger partial charge in [-0.2, -0.15) is 5.26 Å². The molecule has 0 radical (unpaired) electrons. The van der Waals surface area contributed by atoms with Gasteiger partial charge in [-0.1, -0.05) is 12.1 Å². The number of fused-ring (bicyclic) bond motifs is 3. The molecule has 3 aromatic rings. The third kappa shape index (κ3) is 3.30. The van der Waals surface area contributed by atoms with Gasteiger partial charge in [0.15, 0.2) is 0 Å². The molecule has 6 rings (SSSR count). The van der Waals surface area contributed by atoms with Gasteiger partial charge in [-0.15, -0.1) is 11.3 Å². The second-order valence-electron chi connectivity index (χ2n) is 9.36. The molecular formula is C25H25N5OS. The Bertz CT molecular complexity index is 1250. The van der Waals surface area contributed by atoms with Crippen LogP contribution in [-0.4, -0.2) is 35.0 Å². The van der Waals surface area contributed by atoms with Crippen molar-refractivity contribution >= 4 is 27.5 Å². The van der Waals surface area contributed by atoms with Gasteiger partial charge in [-0.3, -0.25) is 4.79 Å². The summed E-state index contributed by atoms with van der Waals surface area (Å²) in [7, 11) is 1.71. The van der Waals surface area contributed by atoms with Crippen molar-refractivity contribution in [2.45, 2.75) is 61.9 Å². The highest BCUT2D eigenvalue weighted by atomic mass is 32.1. The number of carbonyl (C=O) groups excluding carboxylic acids is 1. The Morgan fingerprint density at radius 2 is 1.97 bits per heavy atom. The Hall–Kier alpha value is -2.82. The van der Waals surface area contributed by atoms with E-state index in [1.54, 1.807) is 18.4 Å². The predicted molar refractivity (Wildman–Crippen MR) is 124 cm³/mol. The molecule has 2 aliphatic heterocycles. The summed E-state index contributed by atoms with van der Waals surface area (Å²) in [5.74, 6) is 1.34. The van der Waals surface area contributed by atoms with Gasteiger partial charge in [-0.25, -0.2) is 9.97 Å². The van der Waals surface area contributed by atoms with Crippen LogP contribution in [0.2, 0.25) is 0 Å². The first-order valence-corrected chi connectivity index (χ1v) is 12.3. The monoisotopic (exact) mass is 443 g/mol. The van der Waals surface area contributed by atoms with Crippen LogP contribution in [0, 0.1) is 11.3 Å². The first-order chi connectivity index (χ1) is 15.6. The summed E-state index contributed by atoms with van der Waals surface area (Å²) < 4.78 is 0. The van der Waals surface area contributed by atoms with Crippen LogP contribution in [0.15, 0.2) is 29.6 Å². The van der Waals surface area contributed by atoms with Gasteiger partial charge < -0.3 is 10.6 Å². The Morgan fingerprint density at radius 3 is 2.72 bits per heavy atom. The minimum Gasteiger partial charge on any atom is -0.355 e. The second kappa shape index (κ2) is 7.65. The highest BCUT2D eigenvalue weighted by Gasteiger charge is 2.43. The third-order valence-electron chi connectivity index (χ3n) is 7.48. The maximum atomic E-state index is 12.7. The molecule has 3 aliphatic rings. The number of piperidine rings is 1. The molecule has 0 spiro atoms. The van der Waals surface area contributed by atoms with E-state index in [1.807, 2.05) is 11.4 Å². The molecule has 1 aliphatic carbocycles. The standard InChI is InChI=1S/C25H25N5OS/c1-27-24(31)17-5-2-13(10-19(17)14-8-15-3-4-16(9-14)28-15)20-11-21(20)23-18-6-7-32-25(18)30-22(12-26)29-23/h2,5-7,10,14-16,20-21,28H,3-4,8-9,11H2,1H3,(H,27,31)/t14?,15-,16+,20?,21?. The molecule has 4 heterocycles. The second-order valence-corrected chi connectivity index (χ2v) is 10.3. The minimum absolute atomic E-state index is 0.000722. The fourth-order valence-electron chi connectivity index (χ4n) is 5.88. The first kappa shape index (κ1) is 19.8. The number of hydrogen-bond donors (Lipinski definition) is 2. The topological polar surface area (TPSA) is 90.7 Å². The van der Waals surface area contributed by atoms with E-state index < -0.39 is 0 Å². The van der Waals surface area contributed by atoms with Crippen LogP contribution in [0.4, 0.5) is 0 Å². The van der Waals surface area contributed by atoms with Gasteiger partial charge in [-0.05, 0) is 72.6 Å². The fraction of sp³-hybridized carbons (Fsp3) is 0.440. The van der Waals surface area contributed by atoms with Crippen molar-refractivity contribution in [3.8, 4) is 6.07 Å². The number of thiophene rings is 1. The number of rotatable bonds is 4. The predicted octanol–water partition coefficient (Wildman–Crippen LogP) is 4.19. The van der Waals surface area contributed by atoms with Gasteiger partial charge in [0, 0.05) is 36.0 Å². The SMILES string of the molecule is CNC(=O)c1ccc(C2CC2c2nc(C#N)nc3sccc23)cc1C1C[C@H]2CC[C@@H](C1)N2. The van der Waals surface area contributed by atoms with Crippen LogP contribution in [0.1, 0.15) is 82.9 Å². The molecule has 1 saturated carbocycles. The normalized spacial score (nSPS) is 28.4. The summed E-state index contributed by atoms with van der Waals surface area (Å²) >= 11 is 1.56. The average molecular weight is 444 g/mol. The lowest BCUT2D eigenvalue weighted by atomic mass is 9.82. The molecule has 1 amide bonds. The van der Waals surface area contributed by atoms with Crippen molar-refractivity contribution in [3.63, 3.8) is 0 Å². The molecule has 2 aromatic heterocycles. The molecule has 6 nitrogen and oxygen atoms in total. The van der Waals surface area contributed by atoms with E-state index in [0.29, 0.717) is 29.8 Å². The van der Waals surface area contributed by atoms with Gasteiger partial charge in [0.2, 0.25) is 5.82 Å². The molecule has 162 valence electrons. The molecule has 3 unspecified atom stereocenters. The summed E-state index contributed by atoms with van der Waals surface area (Å²) in [6.07, 6.45) is 5.71. The highest BCUT2D eigenvalue weighted by molar-refractivity contribution is 7.16. The van der Waals surface area contributed by atoms with Gasteiger partial charge in [0.05, 0.1) is 5.69 Å². The van der Waals surface area contributed by atoms with Gasteiger partial charge >= 0.3 is 0 Å². The van der Waals surface area contributed by atoms with Crippen molar-refractivity contribution in [1.82, 2.24) is 20.6 Å². The Kier molecular flexibility index (Phi) is 4.74. The summed E-state index contributed by atoms with van der Waals surface area (Å²) in [4.78, 5) is 22.5. The Labute approximate surface area is 191 Å². The van der Waals surface area contributed by atoms with E-state index in [4.69, 9.17) is 0 Å². The van der Waals surface area contributed by atoms with E-state index in [9.17, 15) is 10.1 Å². The van der Waals surface area contributed by atoms with Crippen molar-refractivity contribution in [1.29, 1.82) is 5.26 Å². The minimum atomic E-state index is -0.000722. The maximum Gasteiger partial charge on any atom is 0.251 e. The lowest BCUT2D eigenvalue weighted by molar-refractivity contribution is 0.0961. The number of aromatic nitrogens is 2. The average Bonchev–Trinajstić information content (AvgIpc) is 3.35. The number of nitrogens with one attached hydrogen (secondary N) is 2. The zero-order valence-corrected chi connectivity index (χ0v) is 18.8. The number of benzene rings is 1. The molecule has 2 N–H and O–H groups in total. The van der Waals surface area contributed by atoms with Crippen LogP contribution in [0.25, 0.3) is 10.2 Å².